The van der Waals surface area contributed by atoms with Gasteiger partial charge in [-0.25, -0.2) is 0 Å². The van der Waals surface area contributed by atoms with Gasteiger partial charge in [-0.05, 0) is 23.3 Å². The number of halogens is 2. The van der Waals surface area contributed by atoms with Gasteiger partial charge in [-0.1, -0.05) is 59.6 Å². The predicted molar refractivity (Wildman–Crippen MR) is 105 cm³/mol. The highest BCUT2D eigenvalue weighted by Gasteiger charge is 2.24. The summed E-state index contributed by atoms with van der Waals surface area (Å²) in [5, 5.41) is 4.36. The first-order valence-corrected chi connectivity index (χ1v) is 9.47. The number of ether oxygens (including phenoxy) is 1. The van der Waals surface area contributed by atoms with Crippen LogP contribution in [0.25, 0.3) is 0 Å². The van der Waals surface area contributed by atoms with Crippen molar-refractivity contribution in [3.63, 3.8) is 0 Å². The van der Waals surface area contributed by atoms with Gasteiger partial charge < -0.3 is 10.1 Å². The van der Waals surface area contributed by atoms with Crippen molar-refractivity contribution in [3.8, 4) is 0 Å². The van der Waals surface area contributed by atoms with Crippen LogP contribution in [0.4, 0.5) is 0 Å². The van der Waals surface area contributed by atoms with Crippen LogP contribution >= 0.6 is 23.2 Å². The fourth-order valence-corrected chi connectivity index (χ4v) is 3.62. The minimum Gasteiger partial charge on any atom is -0.379 e. The number of benzene rings is 2. The predicted octanol–water partition coefficient (Wildman–Crippen LogP) is 3.73. The lowest BCUT2D eigenvalue weighted by Crippen LogP contribution is -2.44. The average molecular weight is 393 g/mol. The SMILES string of the molecule is O=C(Cc1ccccc1Cl)NCC(c1ccccc1Cl)N1CCOCC1. The fourth-order valence-electron chi connectivity index (χ4n) is 3.16. The number of nitrogens with one attached hydrogen (secondary N) is 1. The molecule has 1 amide bonds. The van der Waals surface area contributed by atoms with Crippen LogP contribution in [0.15, 0.2) is 48.5 Å². The quantitative estimate of drug-likeness (QED) is 0.813. The van der Waals surface area contributed by atoms with Crippen LogP contribution in [0, 0.1) is 0 Å². The van der Waals surface area contributed by atoms with Crippen LogP contribution in [0.2, 0.25) is 10.0 Å². The zero-order valence-corrected chi connectivity index (χ0v) is 16.0. The Labute approximate surface area is 164 Å². The summed E-state index contributed by atoms with van der Waals surface area (Å²) in [6.45, 7) is 3.50. The fraction of sp³-hybridized carbons (Fsp3) is 0.350. The molecule has 1 unspecified atom stereocenters. The molecule has 4 nitrogen and oxygen atoms in total. The standard InChI is InChI=1S/C20H22Cl2N2O2/c21-17-7-3-1-5-15(17)13-20(25)23-14-19(24-9-11-26-12-10-24)16-6-2-4-8-18(16)22/h1-8,19H,9-14H2,(H,23,25). The Morgan fingerprint density at radius 1 is 1.04 bits per heavy atom. The van der Waals surface area contributed by atoms with Gasteiger partial charge in [0.05, 0.1) is 25.7 Å². The van der Waals surface area contributed by atoms with Gasteiger partial charge in [0.25, 0.3) is 0 Å². The van der Waals surface area contributed by atoms with E-state index >= 15 is 0 Å². The molecule has 0 saturated carbocycles. The summed E-state index contributed by atoms with van der Waals surface area (Å²) >= 11 is 12.6. The van der Waals surface area contributed by atoms with Gasteiger partial charge in [-0.2, -0.15) is 0 Å². The van der Waals surface area contributed by atoms with Crippen molar-refractivity contribution >= 4 is 29.1 Å². The van der Waals surface area contributed by atoms with Crippen LogP contribution in [-0.4, -0.2) is 43.7 Å². The van der Waals surface area contributed by atoms with E-state index in [9.17, 15) is 4.79 Å². The van der Waals surface area contributed by atoms with Crippen LogP contribution in [-0.2, 0) is 16.0 Å². The number of carbonyl (C=O) groups excluding carboxylic acids is 1. The van der Waals surface area contributed by atoms with Crippen molar-refractivity contribution < 1.29 is 9.53 Å². The van der Waals surface area contributed by atoms with Gasteiger partial charge in [0.1, 0.15) is 0 Å². The van der Waals surface area contributed by atoms with E-state index < -0.39 is 0 Å². The van der Waals surface area contributed by atoms with Gasteiger partial charge >= 0.3 is 0 Å². The van der Waals surface area contributed by atoms with Crippen molar-refractivity contribution in [2.45, 2.75) is 12.5 Å². The molecule has 1 saturated heterocycles. The van der Waals surface area contributed by atoms with Gasteiger partial charge in [-0.15, -0.1) is 0 Å². The molecule has 138 valence electrons. The third-order valence-electron chi connectivity index (χ3n) is 4.55. The highest BCUT2D eigenvalue weighted by molar-refractivity contribution is 6.31. The van der Waals surface area contributed by atoms with Gasteiger partial charge in [-0.3, -0.25) is 9.69 Å². The lowest BCUT2D eigenvalue weighted by molar-refractivity contribution is -0.120. The molecule has 1 N–H and O–H groups in total. The molecule has 0 aliphatic carbocycles. The molecular weight excluding hydrogens is 371 g/mol. The highest BCUT2D eigenvalue weighted by atomic mass is 35.5. The minimum absolute atomic E-state index is 0.0165. The minimum atomic E-state index is -0.0524. The third-order valence-corrected chi connectivity index (χ3v) is 5.27. The summed E-state index contributed by atoms with van der Waals surface area (Å²) in [6, 6.07) is 15.2. The molecule has 0 aromatic heterocycles. The van der Waals surface area contributed by atoms with Gasteiger partial charge in [0, 0.05) is 29.7 Å². The Morgan fingerprint density at radius 2 is 1.69 bits per heavy atom. The van der Waals surface area contributed by atoms with Crippen LogP contribution in [0.1, 0.15) is 17.2 Å². The summed E-state index contributed by atoms with van der Waals surface area (Å²) in [6.07, 6.45) is 0.262. The molecule has 1 aliphatic heterocycles. The second-order valence-corrected chi connectivity index (χ2v) is 7.07. The first-order chi connectivity index (χ1) is 12.6. The molecule has 26 heavy (non-hydrogen) atoms. The first-order valence-electron chi connectivity index (χ1n) is 8.71. The molecule has 1 atom stereocenters. The van der Waals surface area contributed by atoms with Crippen LogP contribution < -0.4 is 5.32 Å². The molecule has 2 aromatic carbocycles. The lowest BCUT2D eigenvalue weighted by Gasteiger charge is -2.35. The van der Waals surface area contributed by atoms with Crippen molar-refractivity contribution in [1.29, 1.82) is 0 Å². The Morgan fingerprint density at radius 3 is 2.38 bits per heavy atom. The van der Waals surface area contributed by atoms with E-state index in [1.807, 2.05) is 42.5 Å². The van der Waals surface area contributed by atoms with E-state index in [-0.39, 0.29) is 18.4 Å². The van der Waals surface area contributed by atoms with Crippen molar-refractivity contribution in [2.75, 3.05) is 32.8 Å². The maximum atomic E-state index is 12.4. The number of amides is 1. The zero-order valence-electron chi connectivity index (χ0n) is 14.5. The molecule has 1 aliphatic rings. The van der Waals surface area contributed by atoms with Crippen molar-refractivity contribution in [3.05, 3.63) is 69.7 Å². The topological polar surface area (TPSA) is 41.6 Å². The smallest absolute Gasteiger partial charge is 0.224 e. The van der Waals surface area contributed by atoms with E-state index in [1.54, 1.807) is 6.07 Å². The molecule has 6 heteroatoms. The van der Waals surface area contributed by atoms with Crippen LogP contribution in [0.3, 0.4) is 0 Å². The Kier molecular flexibility index (Phi) is 6.92. The number of hydrogen-bond acceptors (Lipinski definition) is 3. The average Bonchev–Trinajstić information content (AvgIpc) is 2.66. The maximum absolute atomic E-state index is 12.4. The van der Waals surface area contributed by atoms with E-state index in [0.717, 1.165) is 24.2 Å². The third kappa shape index (κ3) is 4.98. The van der Waals surface area contributed by atoms with Crippen molar-refractivity contribution in [1.82, 2.24) is 10.2 Å². The normalized spacial score (nSPS) is 16.2. The summed E-state index contributed by atoms with van der Waals surface area (Å²) in [7, 11) is 0. The largest absolute Gasteiger partial charge is 0.379 e. The summed E-state index contributed by atoms with van der Waals surface area (Å²) in [5.41, 5.74) is 1.85. The Bertz CT molecular complexity index is 748. The van der Waals surface area contributed by atoms with Crippen LogP contribution in [0.5, 0.6) is 0 Å². The zero-order chi connectivity index (χ0) is 18.4. The molecule has 1 fully saturated rings. The number of rotatable bonds is 6. The Hall–Kier alpha value is -1.59. The summed E-state index contributed by atoms with van der Waals surface area (Å²) in [5.74, 6) is -0.0524. The van der Waals surface area contributed by atoms with Crippen molar-refractivity contribution in [2.24, 2.45) is 0 Å². The van der Waals surface area contributed by atoms with Gasteiger partial charge in [0.2, 0.25) is 5.91 Å². The summed E-state index contributed by atoms with van der Waals surface area (Å²) < 4.78 is 5.46. The molecule has 0 spiro atoms. The monoisotopic (exact) mass is 392 g/mol. The van der Waals surface area contributed by atoms with E-state index in [2.05, 4.69) is 10.2 Å². The molecular formula is C20H22Cl2N2O2. The molecule has 3 rings (SSSR count). The Balaban J connectivity index is 1.68. The number of hydrogen-bond donors (Lipinski definition) is 1. The maximum Gasteiger partial charge on any atom is 0.224 e. The molecule has 2 aromatic rings. The number of nitrogens with zero attached hydrogens (tertiary/aromatic N) is 1. The lowest BCUT2D eigenvalue weighted by atomic mass is 10.0. The van der Waals surface area contributed by atoms with Gasteiger partial charge in [0.15, 0.2) is 0 Å². The molecule has 0 radical (unpaired) electrons. The molecule has 1 heterocycles. The second kappa shape index (κ2) is 9.38. The van der Waals surface area contributed by atoms with E-state index in [1.165, 1.54) is 0 Å². The van der Waals surface area contributed by atoms with E-state index in [4.69, 9.17) is 27.9 Å². The second-order valence-electron chi connectivity index (χ2n) is 6.26. The molecule has 0 bridgehead atoms. The number of morpholine rings is 1. The highest BCUT2D eigenvalue weighted by Crippen LogP contribution is 2.27. The van der Waals surface area contributed by atoms with E-state index in [0.29, 0.717) is 29.8 Å². The first kappa shape index (κ1) is 19.2. The summed E-state index contributed by atoms with van der Waals surface area (Å²) in [4.78, 5) is 14.7. The number of carbonyl (C=O) groups is 1.